The number of benzene rings is 3. The van der Waals surface area contributed by atoms with E-state index in [2.05, 4.69) is 0 Å². The molecule has 1 aromatic heterocycles. The van der Waals surface area contributed by atoms with Gasteiger partial charge >= 0.3 is 0 Å². The molecule has 0 radical (unpaired) electrons. The lowest BCUT2D eigenvalue weighted by Crippen LogP contribution is -2.25. The zero-order valence-electron chi connectivity index (χ0n) is 16.4. The first-order valence-corrected chi connectivity index (χ1v) is 11.4. The number of pyridine rings is 1. The molecule has 0 fully saturated rings. The van der Waals surface area contributed by atoms with Gasteiger partial charge in [0.25, 0.3) is 5.56 Å². The van der Waals surface area contributed by atoms with Crippen molar-refractivity contribution in [1.29, 1.82) is 0 Å². The topological polar surface area (TPSA) is 76.4 Å². The smallest absolute Gasteiger partial charge is 0.258 e. The van der Waals surface area contributed by atoms with Gasteiger partial charge in [0, 0.05) is 18.1 Å². The molecule has 6 heteroatoms. The average Bonchev–Trinajstić information content (AvgIpc) is 2.75. The fourth-order valence-electron chi connectivity index (χ4n) is 3.59. The SMILES string of the molecule is CS(=O)(=O)c1ccc(Cn2c(=O)c(Cc3ccccc3)c(O)c3ccccc32)cc1. The van der Waals surface area contributed by atoms with E-state index in [0.717, 1.165) is 17.4 Å². The van der Waals surface area contributed by atoms with E-state index in [1.807, 2.05) is 42.5 Å². The molecule has 0 aliphatic carbocycles. The lowest BCUT2D eigenvalue weighted by atomic mass is 10.0. The van der Waals surface area contributed by atoms with E-state index < -0.39 is 9.84 Å². The molecular formula is C24H21NO4S. The lowest BCUT2D eigenvalue weighted by Gasteiger charge is -2.15. The van der Waals surface area contributed by atoms with Gasteiger partial charge in [-0.1, -0.05) is 54.6 Å². The van der Waals surface area contributed by atoms with Crippen LogP contribution in [0, 0.1) is 0 Å². The van der Waals surface area contributed by atoms with Crippen molar-refractivity contribution >= 4 is 20.7 Å². The third kappa shape index (κ3) is 3.86. The summed E-state index contributed by atoms with van der Waals surface area (Å²) in [6.45, 7) is 0.269. The molecule has 0 amide bonds. The number of nitrogens with zero attached hydrogens (tertiary/aromatic N) is 1. The van der Waals surface area contributed by atoms with Crippen molar-refractivity contribution in [2.45, 2.75) is 17.9 Å². The molecule has 0 atom stereocenters. The number of fused-ring (bicyclic) bond motifs is 1. The molecule has 0 saturated carbocycles. The highest BCUT2D eigenvalue weighted by Gasteiger charge is 2.17. The van der Waals surface area contributed by atoms with Gasteiger partial charge in [0.1, 0.15) is 5.75 Å². The van der Waals surface area contributed by atoms with Crippen LogP contribution in [-0.2, 0) is 22.8 Å². The third-order valence-electron chi connectivity index (χ3n) is 5.16. The average molecular weight is 420 g/mol. The second-order valence-electron chi connectivity index (χ2n) is 7.31. The summed E-state index contributed by atoms with van der Waals surface area (Å²) in [4.78, 5) is 13.6. The van der Waals surface area contributed by atoms with Gasteiger partial charge < -0.3 is 9.67 Å². The summed E-state index contributed by atoms with van der Waals surface area (Å²) in [5, 5.41) is 11.4. The van der Waals surface area contributed by atoms with E-state index in [0.29, 0.717) is 22.9 Å². The van der Waals surface area contributed by atoms with E-state index >= 15 is 0 Å². The van der Waals surface area contributed by atoms with Gasteiger partial charge in [-0.15, -0.1) is 0 Å². The van der Waals surface area contributed by atoms with E-state index in [9.17, 15) is 18.3 Å². The summed E-state index contributed by atoms with van der Waals surface area (Å²) in [7, 11) is -3.28. The highest BCUT2D eigenvalue weighted by Crippen LogP contribution is 2.28. The molecule has 1 heterocycles. The van der Waals surface area contributed by atoms with Crippen molar-refractivity contribution in [3.63, 3.8) is 0 Å². The number of hydrogen-bond donors (Lipinski definition) is 1. The largest absolute Gasteiger partial charge is 0.507 e. The fourth-order valence-corrected chi connectivity index (χ4v) is 4.22. The molecule has 30 heavy (non-hydrogen) atoms. The van der Waals surface area contributed by atoms with Crippen LogP contribution in [-0.4, -0.2) is 24.3 Å². The Labute approximate surface area is 174 Å². The van der Waals surface area contributed by atoms with Gasteiger partial charge in [-0.05, 0) is 35.4 Å². The van der Waals surface area contributed by atoms with Crippen molar-refractivity contribution in [2.75, 3.05) is 6.26 Å². The van der Waals surface area contributed by atoms with Gasteiger partial charge in [0.05, 0.1) is 22.5 Å². The predicted octanol–water partition coefficient (Wildman–Crippen LogP) is 3.75. The van der Waals surface area contributed by atoms with Crippen LogP contribution in [0.15, 0.2) is 88.6 Å². The van der Waals surface area contributed by atoms with E-state index in [-0.39, 0.29) is 22.7 Å². The Balaban J connectivity index is 1.83. The minimum Gasteiger partial charge on any atom is -0.507 e. The fraction of sp³-hybridized carbons (Fsp3) is 0.125. The molecule has 5 nitrogen and oxygen atoms in total. The number of hydrogen-bond acceptors (Lipinski definition) is 4. The molecule has 0 spiro atoms. The van der Waals surface area contributed by atoms with Gasteiger partial charge in [-0.2, -0.15) is 0 Å². The van der Waals surface area contributed by atoms with Crippen molar-refractivity contribution in [3.05, 3.63) is 106 Å². The molecule has 1 N–H and O–H groups in total. The summed E-state index contributed by atoms with van der Waals surface area (Å²) in [5.74, 6) is 0.00290. The van der Waals surface area contributed by atoms with Crippen molar-refractivity contribution in [1.82, 2.24) is 4.57 Å². The molecular weight excluding hydrogens is 398 g/mol. The zero-order valence-corrected chi connectivity index (χ0v) is 17.3. The quantitative estimate of drug-likeness (QED) is 0.535. The molecule has 0 unspecified atom stereocenters. The van der Waals surface area contributed by atoms with Crippen LogP contribution in [0.4, 0.5) is 0 Å². The summed E-state index contributed by atoms with van der Waals surface area (Å²) in [5.41, 5.74) is 2.44. The monoisotopic (exact) mass is 419 g/mol. The Morgan fingerprint density at radius 2 is 1.47 bits per heavy atom. The maximum Gasteiger partial charge on any atom is 0.258 e. The first kappa shape index (κ1) is 19.9. The van der Waals surface area contributed by atoms with Crippen molar-refractivity contribution in [3.8, 4) is 5.75 Å². The van der Waals surface area contributed by atoms with E-state index in [4.69, 9.17) is 0 Å². The minimum atomic E-state index is -3.28. The van der Waals surface area contributed by atoms with Crippen LogP contribution in [0.25, 0.3) is 10.9 Å². The standard InChI is InChI=1S/C24H21NO4S/c1-30(28,29)19-13-11-18(12-14-19)16-25-22-10-6-5-9-20(22)23(26)21(24(25)27)15-17-7-3-2-4-8-17/h2-14,26H,15-16H2,1H3. The molecule has 0 aliphatic rings. The second-order valence-corrected chi connectivity index (χ2v) is 9.33. The molecule has 4 aromatic rings. The maximum absolute atomic E-state index is 13.3. The van der Waals surface area contributed by atoms with Crippen LogP contribution in [0.3, 0.4) is 0 Å². The first-order valence-electron chi connectivity index (χ1n) is 9.51. The Morgan fingerprint density at radius 3 is 2.13 bits per heavy atom. The normalized spacial score (nSPS) is 11.6. The van der Waals surface area contributed by atoms with Crippen LogP contribution in [0.1, 0.15) is 16.7 Å². The van der Waals surface area contributed by atoms with Crippen molar-refractivity contribution in [2.24, 2.45) is 0 Å². The molecule has 152 valence electrons. The van der Waals surface area contributed by atoms with Crippen LogP contribution in [0.5, 0.6) is 5.75 Å². The number of aromatic nitrogens is 1. The Morgan fingerprint density at radius 1 is 0.833 bits per heavy atom. The zero-order chi connectivity index (χ0) is 21.3. The Kier molecular flexibility index (Phi) is 5.18. The van der Waals surface area contributed by atoms with Gasteiger partial charge in [0.2, 0.25) is 0 Å². The van der Waals surface area contributed by atoms with Gasteiger partial charge in [0.15, 0.2) is 9.84 Å². The third-order valence-corrected chi connectivity index (χ3v) is 6.28. The molecule has 0 aliphatic heterocycles. The maximum atomic E-state index is 13.3. The van der Waals surface area contributed by atoms with Crippen LogP contribution in [0.2, 0.25) is 0 Å². The Bertz CT molecular complexity index is 1370. The van der Waals surface area contributed by atoms with Crippen LogP contribution < -0.4 is 5.56 Å². The molecule has 3 aromatic carbocycles. The Hall–Kier alpha value is -3.38. The number of aromatic hydroxyl groups is 1. The highest BCUT2D eigenvalue weighted by molar-refractivity contribution is 7.90. The van der Waals surface area contributed by atoms with Gasteiger partial charge in [-0.3, -0.25) is 4.79 Å². The molecule has 0 saturated heterocycles. The molecule has 4 rings (SSSR count). The predicted molar refractivity (Wildman–Crippen MR) is 118 cm³/mol. The summed E-state index contributed by atoms with van der Waals surface area (Å²) < 4.78 is 25.0. The lowest BCUT2D eigenvalue weighted by molar-refractivity contribution is 0.472. The number of sulfone groups is 1. The highest BCUT2D eigenvalue weighted by atomic mass is 32.2. The molecule has 0 bridgehead atoms. The van der Waals surface area contributed by atoms with E-state index in [1.165, 1.54) is 0 Å². The van der Waals surface area contributed by atoms with E-state index in [1.54, 1.807) is 41.0 Å². The summed E-state index contributed by atoms with van der Waals surface area (Å²) in [6.07, 6.45) is 1.49. The summed E-state index contributed by atoms with van der Waals surface area (Å²) in [6, 6.07) is 23.3. The number of para-hydroxylation sites is 1. The summed E-state index contributed by atoms with van der Waals surface area (Å²) >= 11 is 0. The van der Waals surface area contributed by atoms with Crippen LogP contribution >= 0.6 is 0 Å². The van der Waals surface area contributed by atoms with Gasteiger partial charge in [-0.25, -0.2) is 8.42 Å². The van der Waals surface area contributed by atoms with Crippen molar-refractivity contribution < 1.29 is 13.5 Å². The minimum absolute atomic E-state index is 0.00290. The second kappa shape index (κ2) is 7.80. The number of rotatable bonds is 5. The first-order chi connectivity index (χ1) is 14.3.